The van der Waals surface area contributed by atoms with E-state index < -0.39 is 12.2 Å². The molecular formula is C25H22N2O4. The second-order valence-corrected chi connectivity index (χ2v) is 7.62. The highest BCUT2D eigenvalue weighted by Crippen LogP contribution is 2.38. The molecule has 0 saturated heterocycles. The van der Waals surface area contributed by atoms with Gasteiger partial charge in [-0.3, -0.25) is 4.40 Å². The fourth-order valence-electron chi connectivity index (χ4n) is 4.17. The first-order valence-electron chi connectivity index (χ1n) is 10.2. The van der Waals surface area contributed by atoms with Gasteiger partial charge in [-0.1, -0.05) is 42.5 Å². The SMILES string of the molecule is Cc1nc2c(O[C@@H]3c4ccccc4C[C@H]3OC(=O)c3ccccc3)cccn2c1CO. The Bertz CT molecular complexity index is 1250. The zero-order valence-electron chi connectivity index (χ0n) is 17.1. The lowest BCUT2D eigenvalue weighted by atomic mass is 10.1. The number of rotatable bonds is 5. The Morgan fingerprint density at radius 3 is 2.68 bits per heavy atom. The molecule has 0 bridgehead atoms. The van der Waals surface area contributed by atoms with E-state index in [-0.39, 0.29) is 12.6 Å². The van der Waals surface area contributed by atoms with E-state index in [9.17, 15) is 9.90 Å². The van der Waals surface area contributed by atoms with Crippen molar-refractivity contribution in [2.75, 3.05) is 0 Å². The van der Waals surface area contributed by atoms with Gasteiger partial charge in [0.1, 0.15) is 6.10 Å². The first-order chi connectivity index (χ1) is 15.2. The van der Waals surface area contributed by atoms with Crippen LogP contribution in [0.15, 0.2) is 72.9 Å². The summed E-state index contributed by atoms with van der Waals surface area (Å²) < 4.78 is 14.2. The van der Waals surface area contributed by atoms with Crippen molar-refractivity contribution in [3.63, 3.8) is 0 Å². The summed E-state index contributed by atoms with van der Waals surface area (Å²) in [6.07, 6.45) is 1.52. The third-order valence-corrected chi connectivity index (χ3v) is 5.71. The lowest BCUT2D eigenvalue weighted by Crippen LogP contribution is -2.26. The Hall–Kier alpha value is -3.64. The van der Waals surface area contributed by atoms with Crippen LogP contribution in [-0.4, -0.2) is 26.6 Å². The van der Waals surface area contributed by atoms with Gasteiger partial charge in [0.15, 0.2) is 17.5 Å². The molecule has 1 N–H and O–H groups in total. The lowest BCUT2D eigenvalue weighted by molar-refractivity contribution is -0.00285. The first kappa shape index (κ1) is 19.3. The number of esters is 1. The van der Waals surface area contributed by atoms with E-state index >= 15 is 0 Å². The molecule has 6 heteroatoms. The number of hydrogen-bond acceptors (Lipinski definition) is 5. The third kappa shape index (κ3) is 3.45. The van der Waals surface area contributed by atoms with Crippen molar-refractivity contribution >= 4 is 11.6 Å². The number of carbonyl (C=O) groups excluding carboxylic acids is 1. The van der Waals surface area contributed by atoms with Crippen molar-refractivity contribution < 1.29 is 19.4 Å². The Morgan fingerprint density at radius 1 is 1.10 bits per heavy atom. The summed E-state index contributed by atoms with van der Waals surface area (Å²) in [7, 11) is 0. The fourth-order valence-corrected chi connectivity index (χ4v) is 4.17. The summed E-state index contributed by atoms with van der Waals surface area (Å²) in [5.41, 5.74) is 4.70. The molecule has 0 fully saturated rings. The summed E-state index contributed by atoms with van der Waals surface area (Å²) in [5, 5.41) is 9.70. The van der Waals surface area contributed by atoms with Gasteiger partial charge in [0, 0.05) is 12.6 Å². The molecule has 0 amide bonds. The molecule has 6 nitrogen and oxygen atoms in total. The highest BCUT2D eigenvalue weighted by Gasteiger charge is 2.37. The van der Waals surface area contributed by atoms with E-state index in [1.54, 1.807) is 12.1 Å². The minimum absolute atomic E-state index is 0.111. The molecule has 4 aromatic rings. The van der Waals surface area contributed by atoms with Gasteiger partial charge < -0.3 is 14.6 Å². The molecule has 31 heavy (non-hydrogen) atoms. The number of imidazole rings is 1. The molecule has 0 unspecified atom stereocenters. The molecule has 0 saturated carbocycles. The van der Waals surface area contributed by atoms with Crippen molar-refractivity contribution in [3.8, 4) is 5.75 Å². The summed E-state index contributed by atoms with van der Waals surface area (Å²) in [4.78, 5) is 17.3. The topological polar surface area (TPSA) is 73.1 Å². The van der Waals surface area contributed by atoms with Crippen LogP contribution in [0.1, 0.15) is 39.0 Å². The van der Waals surface area contributed by atoms with Gasteiger partial charge in [-0.05, 0) is 42.3 Å². The predicted molar refractivity (Wildman–Crippen MR) is 115 cm³/mol. The maximum atomic E-state index is 12.7. The average Bonchev–Trinajstić information content (AvgIpc) is 3.31. The highest BCUT2D eigenvalue weighted by molar-refractivity contribution is 5.89. The van der Waals surface area contributed by atoms with Crippen molar-refractivity contribution in [1.29, 1.82) is 0 Å². The molecule has 2 atom stereocenters. The van der Waals surface area contributed by atoms with Crippen LogP contribution < -0.4 is 4.74 Å². The van der Waals surface area contributed by atoms with E-state index in [4.69, 9.17) is 9.47 Å². The van der Waals surface area contributed by atoms with Gasteiger partial charge in [-0.15, -0.1) is 0 Å². The lowest BCUT2D eigenvalue weighted by Gasteiger charge is -2.22. The van der Waals surface area contributed by atoms with Crippen LogP contribution in [0.5, 0.6) is 5.75 Å². The minimum atomic E-state index is -0.460. The van der Waals surface area contributed by atoms with E-state index in [1.165, 1.54) is 0 Å². The van der Waals surface area contributed by atoms with Gasteiger partial charge in [-0.2, -0.15) is 0 Å². The smallest absolute Gasteiger partial charge is 0.338 e. The number of benzene rings is 2. The largest absolute Gasteiger partial charge is 0.478 e. The van der Waals surface area contributed by atoms with Crippen LogP contribution >= 0.6 is 0 Å². The molecule has 156 valence electrons. The summed E-state index contributed by atoms with van der Waals surface area (Å²) in [5.74, 6) is 0.206. The maximum absolute atomic E-state index is 12.7. The van der Waals surface area contributed by atoms with Gasteiger partial charge in [-0.25, -0.2) is 9.78 Å². The summed E-state index contributed by atoms with van der Waals surface area (Å²) >= 11 is 0. The van der Waals surface area contributed by atoms with Gasteiger partial charge >= 0.3 is 5.97 Å². The van der Waals surface area contributed by atoms with Gasteiger partial charge in [0.2, 0.25) is 0 Å². The molecule has 5 rings (SSSR count). The van der Waals surface area contributed by atoms with Gasteiger partial charge in [0.05, 0.1) is 23.6 Å². The fraction of sp³-hybridized carbons (Fsp3) is 0.200. The van der Waals surface area contributed by atoms with Crippen LogP contribution in [0.2, 0.25) is 0 Å². The number of hydrogen-bond donors (Lipinski definition) is 1. The standard InChI is InChI=1S/C25H22N2O4/c1-16-20(15-28)27-13-7-12-21(24(27)26-16)30-23-19-11-6-5-10-18(19)14-22(23)31-25(29)17-8-3-2-4-9-17/h2-13,22-23,28H,14-15H2,1H3/t22-,23-/m1/s1. The Labute approximate surface area is 179 Å². The second-order valence-electron chi connectivity index (χ2n) is 7.62. The normalized spacial score (nSPS) is 17.5. The molecule has 1 aliphatic rings. The van der Waals surface area contributed by atoms with Crippen LogP contribution in [-0.2, 0) is 17.8 Å². The molecule has 2 heterocycles. The number of fused-ring (bicyclic) bond motifs is 2. The molecule has 2 aromatic heterocycles. The van der Waals surface area contributed by atoms with E-state index in [1.807, 2.05) is 72.1 Å². The van der Waals surface area contributed by atoms with Crippen molar-refractivity contribution in [1.82, 2.24) is 9.38 Å². The quantitative estimate of drug-likeness (QED) is 0.499. The Kier molecular flexibility index (Phi) is 4.92. The third-order valence-electron chi connectivity index (χ3n) is 5.71. The molecule has 0 aliphatic heterocycles. The Morgan fingerprint density at radius 2 is 1.87 bits per heavy atom. The number of aromatic nitrogens is 2. The van der Waals surface area contributed by atoms with Crippen molar-refractivity contribution in [3.05, 3.63) is 101 Å². The summed E-state index contributed by atoms with van der Waals surface area (Å²) in [6, 6.07) is 20.6. The minimum Gasteiger partial charge on any atom is -0.478 e. The van der Waals surface area contributed by atoms with Gasteiger partial charge in [0.25, 0.3) is 0 Å². The van der Waals surface area contributed by atoms with E-state index in [2.05, 4.69) is 4.98 Å². The van der Waals surface area contributed by atoms with Crippen molar-refractivity contribution in [2.24, 2.45) is 0 Å². The monoisotopic (exact) mass is 414 g/mol. The molecule has 2 aromatic carbocycles. The molecule has 0 spiro atoms. The summed E-state index contributed by atoms with van der Waals surface area (Å²) in [6.45, 7) is 1.75. The van der Waals surface area contributed by atoms with Crippen LogP contribution in [0.25, 0.3) is 5.65 Å². The maximum Gasteiger partial charge on any atom is 0.338 e. The van der Waals surface area contributed by atoms with Crippen LogP contribution in [0, 0.1) is 6.92 Å². The number of carbonyl (C=O) groups is 1. The number of aliphatic hydroxyl groups is 1. The zero-order valence-corrected chi connectivity index (χ0v) is 17.1. The van der Waals surface area contributed by atoms with Crippen LogP contribution in [0.3, 0.4) is 0 Å². The van der Waals surface area contributed by atoms with Crippen molar-refractivity contribution in [2.45, 2.75) is 32.2 Å². The van der Waals surface area contributed by atoms with E-state index in [0.717, 1.165) is 22.5 Å². The number of aliphatic hydroxyl groups excluding tert-OH is 1. The first-order valence-corrected chi connectivity index (χ1v) is 10.2. The highest BCUT2D eigenvalue weighted by atomic mass is 16.6. The number of aryl methyl sites for hydroxylation is 1. The Balaban J connectivity index is 1.49. The van der Waals surface area contributed by atoms with E-state index in [0.29, 0.717) is 23.4 Å². The average molecular weight is 414 g/mol. The number of nitrogens with zero attached hydrogens (tertiary/aromatic N) is 2. The predicted octanol–water partition coefficient (Wildman–Crippen LogP) is 4.04. The molecule has 1 aliphatic carbocycles. The molecular weight excluding hydrogens is 392 g/mol. The second kappa shape index (κ2) is 7.89. The zero-order chi connectivity index (χ0) is 21.4. The number of ether oxygens (including phenoxy) is 2. The molecule has 0 radical (unpaired) electrons. The number of pyridine rings is 1. The van der Waals surface area contributed by atoms with Crippen LogP contribution in [0.4, 0.5) is 0 Å².